The highest BCUT2D eigenvalue weighted by molar-refractivity contribution is 7.90. The minimum absolute atomic E-state index is 0.0628. The number of anilines is 1. The van der Waals surface area contributed by atoms with Crippen molar-refractivity contribution in [3.05, 3.63) is 24.3 Å². The Bertz CT molecular complexity index is 528. The van der Waals surface area contributed by atoms with Crippen LogP contribution in [-0.2, 0) is 14.6 Å². The third kappa shape index (κ3) is 6.78. The average Bonchev–Trinajstić information content (AvgIpc) is 2.33. The summed E-state index contributed by atoms with van der Waals surface area (Å²) in [4.78, 5) is 11.5. The predicted molar refractivity (Wildman–Crippen MR) is 73.9 cm³/mol. The Balaban J connectivity index is 2.54. The number of nitrogens with one attached hydrogen (secondary N) is 1. The predicted octanol–water partition coefficient (Wildman–Crippen LogP) is 0.397. The second-order valence-corrected chi connectivity index (χ2v) is 6.35. The molecule has 1 aromatic carbocycles. The Morgan fingerprint density at radius 1 is 1.42 bits per heavy atom. The lowest BCUT2D eigenvalue weighted by Gasteiger charge is -2.08. The summed E-state index contributed by atoms with van der Waals surface area (Å²) in [6.45, 7) is 0.802. The van der Waals surface area contributed by atoms with Crippen LogP contribution in [-0.4, -0.2) is 39.5 Å². The first kappa shape index (κ1) is 15.5. The summed E-state index contributed by atoms with van der Waals surface area (Å²) in [7, 11) is -3.13. The number of sulfone groups is 1. The van der Waals surface area contributed by atoms with E-state index in [1.807, 2.05) is 0 Å². The lowest BCUT2D eigenvalue weighted by molar-refractivity contribution is -0.115. The molecule has 0 aliphatic heterocycles. The molecule has 6 nitrogen and oxygen atoms in total. The van der Waals surface area contributed by atoms with Crippen molar-refractivity contribution in [3.63, 3.8) is 0 Å². The van der Waals surface area contributed by atoms with E-state index in [-0.39, 0.29) is 18.1 Å². The molecule has 1 amide bonds. The molecule has 0 heterocycles. The average molecular weight is 286 g/mol. The molecule has 0 aliphatic rings. The molecular formula is C12H18N2O4S. The molecule has 0 radical (unpaired) electrons. The van der Waals surface area contributed by atoms with Crippen LogP contribution in [0.5, 0.6) is 5.75 Å². The van der Waals surface area contributed by atoms with E-state index in [1.54, 1.807) is 24.3 Å². The molecule has 106 valence electrons. The number of carbonyl (C=O) groups is 1. The van der Waals surface area contributed by atoms with E-state index < -0.39 is 9.84 Å². The van der Waals surface area contributed by atoms with Crippen molar-refractivity contribution in [1.29, 1.82) is 0 Å². The second kappa shape index (κ2) is 7.10. The minimum atomic E-state index is -3.13. The third-order valence-electron chi connectivity index (χ3n) is 2.20. The van der Waals surface area contributed by atoms with Gasteiger partial charge in [-0.25, -0.2) is 8.42 Å². The van der Waals surface area contributed by atoms with Gasteiger partial charge in [0.05, 0.1) is 5.75 Å². The van der Waals surface area contributed by atoms with Crippen molar-refractivity contribution in [3.8, 4) is 5.75 Å². The van der Waals surface area contributed by atoms with Crippen LogP contribution >= 0.6 is 0 Å². The smallest absolute Gasteiger partial charge is 0.225 e. The summed E-state index contributed by atoms with van der Waals surface area (Å²) in [6.07, 6.45) is 1.04. The van der Waals surface area contributed by atoms with Crippen molar-refractivity contribution in [1.82, 2.24) is 0 Å². The lowest BCUT2D eigenvalue weighted by atomic mass is 10.3. The number of benzene rings is 1. The molecule has 19 heavy (non-hydrogen) atoms. The van der Waals surface area contributed by atoms with Gasteiger partial charge in [0.15, 0.2) is 0 Å². The molecule has 0 bridgehead atoms. The van der Waals surface area contributed by atoms with Crippen LogP contribution in [0, 0.1) is 0 Å². The van der Waals surface area contributed by atoms with Crippen molar-refractivity contribution >= 4 is 21.4 Å². The number of hydrogen-bond acceptors (Lipinski definition) is 5. The molecular weight excluding hydrogens is 268 g/mol. The SMILES string of the molecule is CS(=O)(=O)CCC(=O)Nc1cccc(OCCN)c1. The van der Waals surface area contributed by atoms with Crippen LogP contribution in [0.15, 0.2) is 24.3 Å². The highest BCUT2D eigenvalue weighted by Crippen LogP contribution is 2.17. The van der Waals surface area contributed by atoms with Crippen LogP contribution in [0.25, 0.3) is 0 Å². The summed E-state index contributed by atoms with van der Waals surface area (Å²) in [5, 5.41) is 2.62. The van der Waals surface area contributed by atoms with Gasteiger partial charge >= 0.3 is 0 Å². The molecule has 0 unspecified atom stereocenters. The van der Waals surface area contributed by atoms with Crippen LogP contribution in [0.3, 0.4) is 0 Å². The van der Waals surface area contributed by atoms with Gasteiger partial charge < -0.3 is 15.8 Å². The standard InChI is InChI=1S/C12H18N2O4S/c1-19(16,17)8-5-12(15)14-10-3-2-4-11(9-10)18-7-6-13/h2-4,9H,5-8,13H2,1H3,(H,14,15). The van der Waals surface area contributed by atoms with Crippen molar-refractivity contribution < 1.29 is 17.9 Å². The van der Waals surface area contributed by atoms with Crippen molar-refractivity contribution in [2.45, 2.75) is 6.42 Å². The highest BCUT2D eigenvalue weighted by Gasteiger charge is 2.08. The maximum atomic E-state index is 11.5. The van der Waals surface area contributed by atoms with E-state index >= 15 is 0 Å². The highest BCUT2D eigenvalue weighted by atomic mass is 32.2. The Kier molecular flexibility index (Phi) is 5.78. The topological polar surface area (TPSA) is 98.5 Å². The van der Waals surface area contributed by atoms with Gasteiger partial charge in [-0.1, -0.05) is 6.07 Å². The van der Waals surface area contributed by atoms with Crippen molar-refractivity contribution in [2.75, 3.05) is 30.5 Å². The van der Waals surface area contributed by atoms with Crippen LogP contribution in [0.2, 0.25) is 0 Å². The maximum Gasteiger partial charge on any atom is 0.225 e. The fourth-order valence-electron chi connectivity index (χ4n) is 1.34. The van der Waals surface area contributed by atoms with Gasteiger partial charge in [-0.2, -0.15) is 0 Å². The maximum absolute atomic E-state index is 11.5. The second-order valence-electron chi connectivity index (χ2n) is 4.09. The Hall–Kier alpha value is -1.60. The van der Waals surface area contributed by atoms with E-state index in [9.17, 15) is 13.2 Å². The van der Waals surface area contributed by atoms with Crippen molar-refractivity contribution in [2.24, 2.45) is 5.73 Å². The van der Waals surface area contributed by atoms with Gasteiger partial charge in [-0.15, -0.1) is 0 Å². The molecule has 3 N–H and O–H groups in total. The monoisotopic (exact) mass is 286 g/mol. The Labute approximate surface area is 112 Å². The number of carbonyl (C=O) groups excluding carboxylic acids is 1. The lowest BCUT2D eigenvalue weighted by Crippen LogP contribution is -2.16. The molecule has 0 atom stereocenters. The Morgan fingerprint density at radius 2 is 2.16 bits per heavy atom. The third-order valence-corrected chi connectivity index (χ3v) is 3.15. The van der Waals surface area contributed by atoms with E-state index in [0.29, 0.717) is 24.6 Å². The minimum Gasteiger partial charge on any atom is -0.492 e. The zero-order valence-corrected chi connectivity index (χ0v) is 11.6. The number of amides is 1. The first-order valence-corrected chi connectivity index (χ1v) is 7.87. The number of rotatable bonds is 7. The first-order chi connectivity index (χ1) is 8.90. The fourth-order valence-corrected chi connectivity index (χ4v) is 1.90. The zero-order valence-electron chi connectivity index (χ0n) is 10.8. The molecule has 0 fully saturated rings. The molecule has 0 aliphatic carbocycles. The summed E-state index contributed by atoms with van der Waals surface area (Å²) < 4.78 is 27.2. The Morgan fingerprint density at radius 3 is 2.79 bits per heavy atom. The molecule has 1 rings (SSSR count). The van der Waals surface area contributed by atoms with Crippen LogP contribution in [0.1, 0.15) is 6.42 Å². The summed E-state index contributed by atoms with van der Waals surface area (Å²) in [5.41, 5.74) is 5.89. The number of ether oxygens (including phenoxy) is 1. The van der Waals surface area contributed by atoms with Crippen LogP contribution in [0.4, 0.5) is 5.69 Å². The van der Waals surface area contributed by atoms with Gasteiger partial charge in [-0.3, -0.25) is 4.79 Å². The number of nitrogens with two attached hydrogens (primary N) is 1. The summed E-state index contributed by atoms with van der Waals surface area (Å²) in [5.74, 6) is 0.0927. The van der Waals surface area contributed by atoms with Gasteiger partial charge in [-0.05, 0) is 12.1 Å². The zero-order chi connectivity index (χ0) is 14.3. The van der Waals surface area contributed by atoms with E-state index in [1.165, 1.54) is 0 Å². The summed E-state index contributed by atoms with van der Waals surface area (Å²) in [6, 6.07) is 6.85. The van der Waals surface area contributed by atoms with E-state index in [2.05, 4.69) is 5.32 Å². The summed E-state index contributed by atoms with van der Waals surface area (Å²) >= 11 is 0. The van der Waals surface area contributed by atoms with Gasteiger partial charge in [0, 0.05) is 31.0 Å². The van der Waals surface area contributed by atoms with Crippen LogP contribution < -0.4 is 15.8 Å². The van der Waals surface area contributed by atoms with Gasteiger partial charge in [0.2, 0.25) is 5.91 Å². The molecule has 0 saturated heterocycles. The quantitative estimate of drug-likeness (QED) is 0.756. The molecule has 7 heteroatoms. The van der Waals surface area contributed by atoms with Gasteiger partial charge in [0.25, 0.3) is 0 Å². The normalized spacial score (nSPS) is 11.1. The largest absolute Gasteiger partial charge is 0.492 e. The first-order valence-electron chi connectivity index (χ1n) is 5.81. The molecule has 0 saturated carbocycles. The van der Waals surface area contributed by atoms with E-state index in [4.69, 9.17) is 10.5 Å². The molecule has 1 aromatic rings. The molecule has 0 spiro atoms. The van der Waals surface area contributed by atoms with E-state index in [0.717, 1.165) is 6.26 Å². The molecule has 0 aromatic heterocycles. The fraction of sp³-hybridized carbons (Fsp3) is 0.417. The number of hydrogen-bond donors (Lipinski definition) is 2. The van der Waals surface area contributed by atoms with Gasteiger partial charge in [0.1, 0.15) is 22.2 Å².